The molecule has 0 spiro atoms. The molecule has 0 aromatic carbocycles. The molecule has 1 rings (SSSR count). The van der Waals surface area contributed by atoms with Crippen molar-refractivity contribution in [3.8, 4) is 0 Å². The first-order chi connectivity index (χ1) is 8.53. The van der Waals surface area contributed by atoms with E-state index in [9.17, 15) is 19.7 Å². The molecule has 0 aromatic heterocycles. The van der Waals surface area contributed by atoms with Crippen LogP contribution < -0.4 is 0 Å². The summed E-state index contributed by atoms with van der Waals surface area (Å²) in [5.41, 5.74) is -1.49. The van der Waals surface area contributed by atoms with Crippen LogP contribution in [0.5, 0.6) is 0 Å². The third kappa shape index (κ3) is 3.37. The number of carbonyl (C=O) groups is 2. The highest BCUT2D eigenvalue weighted by molar-refractivity contribution is 5.88. The summed E-state index contributed by atoms with van der Waals surface area (Å²) < 4.78 is 0. The van der Waals surface area contributed by atoms with Crippen LogP contribution in [0, 0.1) is 10.1 Å². The van der Waals surface area contributed by atoms with Gasteiger partial charge in [-0.2, -0.15) is 0 Å². The third-order valence-corrected chi connectivity index (χ3v) is 3.82. The summed E-state index contributed by atoms with van der Waals surface area (Å²) in [6, 6.07) is 0. The number of hydrogen-bond acceptors (Lipinski definition) is 4. The highest BCUT2D eigenvalue weighted by Gasteiger charge is 2.49. The normalized spacial score (nSPS) is 25.3. The highest BCUT2D eigenvalue weighted by Crippen LogP contribution is 2.30. The van der Waals surface area contributed by atoms with Crippen LogP contribution in [-0.2, 0) is 9.59 Å². The second-order valence-corrected chi connectivity index (χ2v) is 5.02. The van der Waals surface area contributed by atoms with Gasteiger partial charge in [0.2, 0.25) is 5.78 Å². The van der Waals surface area contributed by atoms with Gasteiger partial charge >= 0.3 is 0 Å². The summed E-state index contributed by atoms with van der Waals surface area (Å²) >= 11 is 0. The van der Waals surface area contributed by atoms with Crippen molar-refractivity contribution >= 4 is 11.6 Å². The van der Waals surface area contributed by atoms with E-state index in [-0.39, 0.29) is 37.2 Å². The molecule has 0 saturated heterocycles. The second-order valence-electron chi connectivity index (χ2n) is 5.02. The molecule has 0 aliphatic heterocycles. The molecule has 1 fully saturated rings. The molecule has 5 nitrogen and oxygen atoms in total. The lowest BCUT2D eigenvalue weighted by molar-refractivity contribution is -0.554. The zero-order chi connectivity index (χ0) is 13.6. The van der Waals surface area contributed by atoms with Crippen LogP contribution in [0.25, 0.3) is 0 Å². The molecule has 0 radical (unpaired) electrons. The largest absolute Gasteiger partial charge is 0.300 e. The van der Waals surface area contributed by atoms with Crippen molar-refractivity contribution in [2.45, 2.75) is 70.3 Å². The van der Waals surface area contributed by atoms with Crippen LogP contribution in [0.1, 0.15) is 64.7 Å². The third-order valence-electron chi connectivity index (χ3n) is 3.82. The maximum atomic E-state index is 12.1. The Labute approximate surface area is 107 Å². The van der Waals surface area contributed by atoms with E-state index in [0.29, 0.717) is 12.8 Å². The quantitative estimate of drug-likeness (QED) is 0.559. The van der Waals surface area contributed by atoms with Crippen LogP contribution in [0.15, 0.2) is 0 Å². The predicted octanol–water partition coefficient (Wildman–Crippen LogP) is 2.68. The van der Waals surface area contributed by atoms with Gasteiger partial charge in [-0.1, -0.05) is 19.8 Å². The maximum Gasteiger partial charge on any atom is 0.279 e. The number of carbonyl (C=O) groups excluding carboxylic acids is 2. The fourth-order valence-corrected chi connectivity index (χ4v) is 2.50. The van der Waals surface area contributed by atoms with Crippen LogP contribution in [0.4, 0.5) is 0 Å². The Morgan fingerprint density at radius 3 is 2.61 bits per heavy atom. The first-order valence-electron chi connectivity index (χ1n) is 6.72. The first-order valence-corrected chi connectivity index (χ1v) is 6.72. The summed E-state index contributed by atoms with van der Waals surface area (Å²) in [6.07, 6.45) is 4.50. The average molecular weight is 255 g/mol. The topological polar surface area (TPSA) is 77.3 Å². The zero-order valence-corrected chi connectivity index (χ0v) is 10.9. The fourth-order valence-electron chi connectivity index (χ4n) is 2.50. The van der Waals surface area contributed by atoms with Gasteiger partial charge in [-0.25, -0.2) is 0 Å². The summed E-state index contributed by atoms with van der Waals surface area (Å²) in [7, 11) is 0. The molecule has 5 heteroatoms. The Kier molecular flexibility index (Phi) is 5.44. The minimum Gasteiger partial charge on any atom is -0.300 e. The van der Waals surface area contributed by atoms with Gasteiger partial charge < -0.3 is 0 Å². The van der Waals surface area contributed by atoms with E-state index >= 15 is 0 Å². The SMILES string of the molecule is CCC(=O)CCC1([N+](=O)[O-])CCCCCCC1=O. The molecule has 102 valence electrons. The number of ketones is 2. The Morgan fingerprint density at radius 2 is 2.00 bits per heavy atom. The second kappa shape index (κ2) is 6.61. The highest BCUT2D eigenvalue weighted by atomic mass is 16.6. The summed E-state index contributed by atoms with van der Waals surface area (Å²) in [6.45, 7) is 1.74. The lowest BCUT2D eigenvalue weighted by Crippen LogP contribution is -2.47. The summed E-state index contributed by atoms with van der Waals surface area (Å²) in [4.78, 5) is 34.3. The molecule has 1 unspecified atom stereocenters. The lowest BCUT2D eigenvalue weighted by atomic mass is 9.79. The molecule has 0 heterocycles. The molecule has 0 bridgehead atoms. The van der Waals surface area contributed by atoms with Gasteiger partial charge in [0.05, 0.1) is 0 Å². The van der Waals surface area contributed by atoms with Crippen molar-refractivity contribution in [1.82, 2.24) is 0 Å². The van der Waals surface area contributed by atoms with Gasteiger partial charge in [0.1, 0.15) is 5.78 Å². The van der Waals surface area contributed by atoms with E-state index in [1.54, 1.807) is 6.92 Å². The van der Waals surface area contributed by atoms with E-state index in [4.69, 9.17) is 0 Å². The molecule has 0 N–H and O–H groups in total. The molecule has 0 aromatic rings. The minimum atomic E-state index is -1.49. The smallest absolute Gasteiger partial charge is 0.279 e. The molecular weight excluding hydrogens is 234 g/mol. The first kappa shape index (κ1) is 14.8. The number of hydrogen-bond donors (Lipinski definition) is 0. The van der Waals surface area contributed by atoms with E-state index in [1.165, 1.54) is 0 Å². The van der Waals surface area contributed by atoms with Crippen LogP contribution in [0.2, 0.25) is 0 Å². The van der Waals surface area contributed by atoms with E-state index in [1.807, 2.05) is 0 Å². The number of nitro groups is 1. The van der Waals surface area contributed by atoms with Crippen LogP contribution in [0.3, 0.4) is 0 Å². The van der Waals surface area contributed by atoms with Gasteiger partial charge in [-0.05, 0) is 12.8 Å². The van der Waals surface area contributed by atoms with Crippen molar-refractivity contribution in [2.75, 3.05) is 0 Å². The van der Waals surface area contributed by atoms with Crippen LogP contribution >= 0.6 is 0 Å². The Bertz CT molecular complexity index is 340. The van der Waals surface area contributed by atoms with Gasteiger partial charge in [0.25, 0.3) is 5.54 Å². The van der Waals surface area contributed by atoms with E-state index in [2.05, 4.69) is 0 Å². The van der Waals surface area contributed by atoms with Gasteiger partial charge in [0.15, 0.2) is 0 Å². The van der Waals surface area contributed by atoms with Gasteiger partial charge in [-0.15, -0.1) is 0 Å². The lowest BCUT2D eigenvalue weighted by Gasteiger charge is -2.25. The number of Topliss-reactive ketones (excluding diaryl/α,β-unsaturated/α-hetero) is 2. The monoisotopic (exact) mass is 255 g/mol. The van der Waals surface area contributed by atoms with Gasteiger partial charge in [0, 0.05) is 37.0 Å². The Hall–Kier alpha value is -1.26. The van der Waals surface area contributed by atoms with E-state index in [0.717, 1.165) is 19.3 Å². The summed E-state index contributed by atoms with van der Waals surface area (Å²) in [5.74, 6) is -0.290. The zero-order valence-electron chi connectivity index (χ0n) is 10.9. The van der Waals surface area contributed by atoms with Gasteiger partial charge in [-0.3, -0.25) is 19.7 Å². The average Bonchev–Trinajstić information content (AvgIpc) is 2.33. The van der Waals surface area contributed by atoms with E-state index < -0.39 is 10.5 Å². The Balaban J connectivity index is 2.83. The molecule has 1 aliphatic carbocycles. The fraction of sp³-hybridized carbons (Fsp3) is 0.846. The standard InChI is InChI=1S/C13H21NO4/c1-2-11(15)8-10-13(14(17)18)9-6-4-3-5-7-12(13)16/h2-10H2,1H3. The molecule has 18 heavy (non-hydrogen) atoms. The predicted molar refractivity (Wildman–Crippen MR) is 67.0 cm³/mol. The molecule has 0 amide bonds. The molecule has 1 aliphatic rings. The van der Waals surface area contributed by atoms with Crippen LogP contribution in [-0.4, -0.2) is 22.0 Å². The molecule has 1 atom stereocenters. The van der Waals surface area contributed by atoms with Crippen molar-refractivity contribution in [1.29, 1.82) is 0 Å². The Morgan fingerprint density at radius 1 is 1.33 bits per heavy atom. The number of nitrogens with zero attached hydrogens (tertiary/aromatic N) is 1. The molecule has 1 saturated carbocycles. The van der Waals surface area contributed by atoms with Crippen molar-refractivity contribution in [2.24, 2.45) is 0 Å². The number of rotatable bonds is 5. The minimum absolute atomic E-state index is 0.00826. The van der Waals surface area contributed by atoms with Crippen molar-refractivity contribution in [3.05, 3.63) is 10.1 Å². The maximum absolute atomic E-state index is 12.1. The molecular formula is C13H21NO4. The van der Waals surface area contributed by atoms with Crippen molar-refractivity contribution < 1.29 is 14.5 Å². The van der Waals surface area contributed by atoms with Crippen molar-refractivity contribution in [3.63, 3.8) is 0 Å². The summed E-state index contributed by atoms with van der Waals surface area (Å²) in [5, 5.41) is 11.3.